The number of pyridine rings is 1. The first-order valence-corrected chi connectivity index (χ1v) is 5.51. The number of halogens is 1. The minimum Gasteiger partial charge on any atom is -0.481 e. The van der Waals surface area contributed by atoms with Gasteiger partial charge >= 0.3 is 0 Å². The first-order chi connectivity index (χ1) is 9.15. The Balaban J connectivity index is 1.90. The van der Waals surface area contributed by atoms with E-state index in [0.29, 0.717) is 5.69 Å². The molecule has 1 heterocycles. The van der Waals surface area contributed by atoms with Gasteiger partial charge in [-0.05, 0) is 18.2 Å². The number of carbonyl (C=O) groups is 1. The van der Waals surface area contributed by atoms with Gasteiger partial charge in [-0.25, -0.2) is 4.39 Å². The van der Waals surface area contributed by atoms with Gasteiger partial charge < -0.3 is 15.0 Å². The van der Waals surface area contributed by atoms with Crippen LogP contribution in [0.4, 0.5) is 10.1 Å². The molecule has 5 nitrogen and oxygen atoms in total. The van der Waals surface area contributed by atoms with Crippen LogP contribution in [0, 0.1) is 5.82 Å². The third-order valence-corrected chi connectivity index (χ3v) is 2.26. The molecule has 0 bridgehead atoms. The van der Waals surface area contributed by atoms with Gasteiger partial charge in [-0.1, -0.05) is 12.1 Å². The molecule has 98 valence electrons. The van der Waals surface area contributed by atoms with Gasteiger partial charge in [0.15, 0.2) is 18.2 Å². The first-order valence-electron chi connectivity index (χ1n) is 5.51. The number of hydrogen-bond acceptors (Lipinski definition) is 3. The van der Waals surface area contributed by atoms with Gasteiger partial charge in [0.2, 0.25) is 5.56 Å². The van der Waals surface area contributed by atoms with E-state index < -0.39 is 11.7 Å². The van der Waals surface area contributed by atoms with Crippen LogP contribution in [-0.4, -0.2) is 17.5 Å². The van der Waals surface area contributed by atoms with Crippen molar-refractivity contribution in [1.82, 2.24) is 4.98 Å². The molecular weight excluding hydrogens is 251 g/mol. The standard InChI is InChI=1S/C13H11FN2O3/c14-10-3-1-2-4-11(10)19-8-13(18)16-9-5-6-12(17)15-7-9/h1-7H,8H2,(H,15,17)(H,16,18). The van der Waals surface area contributed by atoms with Gasteiger partial charge in [-0.2, -0.15) is 0 Å². The smallest absolute Gasteiger partial charge is 0.262 e. The predicted octanol–water partition coefficient (Wildman–Crippen LogP) is 1.53. The van der Waals surface area contributed by atoms with Crippen molar-refractivity contribution in [3.05, 3.63) is 58.8 Å². The third kappa shape index (κ3) is 3.67. The highest BCUT2D eigenvalue weighted by Gasteiger charge is 2.06. The van der Waals surface area contributed by atoms with Gasteiger partial charge in [0.05, 0.1) is 5.69 Å². The molecule has 0 aliphatic rings. The van der Waals surface area contributed by atoms with Gasteiger partial charge in [0.1, 0.15) is 0 Å². The lowest BCUT2D eigenvalue weighted by molar-refractivity contribution is -0.118. The fourth-order valence-electron chi connectivity index (χ4n) is 1.39. The van der Waals surface area contributed by atoms with E-state index in [-0.39, 0.29) is 17.9 Å². The summed E-state index contributed by atoms with van der Waals surface area (Å²) in [5, 5.41) is 2.50. The summed E-state index contributed by atoms with van der Waals surface area (Å²) in [7, 11) is 0. The maximum absolute atomic E-state index is 13.2. The van der Waals surface area contributed by atoms with E-state index in [4.69, 9.17) is 4.74 Å². The summed E-state index contributed by atoms with van der Waals surface area (Å²) in [5.41, 5.74) is 0.169. The number of aromatic nitrogens is 1. The highest BCUT2D eigenvalue weighted by atomic mass is 19.1. The maximum atomic E-state index is 13.2. The lowest BCUT2D eigenvalue weighted by atomic mass is 10.3. The summed E-state index contributed by atoms with van der Waals surface area (Å²) in [6.07, 6.45) is 1.36. The van der Waals surface area contributed by atoms with Crippen molar-refractivity contribution >= 4 is 11.6 Å². The fourth-order valence-corrected chi connectivity index (χ4v) is 1.39. The monoisotopic (exact) mass is 262 g/mol. The second kappa shape index (κ2) is 5.81. The zero-order chi connectivity index (χ0) is 13.7. The molecule has 0 atom stereocenters. The number of benzene rings is 1. The number of amides is 1. The number of ether oxygens (including phenoxy) is 1. The molecule has 2 N–H and O–H groups in total. The van der Waals surface area contributed by atoms with Crippen LogP contribution < -0.4 is 15.6 Å². The van der Waals surface area contributed by atoms with Gasteiger partial charge in [0.25, 0.3) is 5.91 Å². The average Bonchev–Trinajstić information content (AvgIpc) is 2.40. The van der Waals surface area contributed by atoms with Gasteiger partial charge in [-0.15, -0.1) is 0 Å². The molecule has 2 aromatic rings. The highest BCUT2D eigenvalue weighted by molar-refractivity contribution is 5.91. The van der Waals surface area contributed by atoms with E-state index in [1.165, 1.54) is 36.5 Å². The fraction of sp³-hybridized carbons (Fsp3) is 0.0769. The lowest BCUT2D eigenvalue weighted by Gasteiger charge is -2.07. The molecule has 0 aliphatic heterocycles. The number of aromatic amines is 1. The maximum Gasteiger partial charge on any atom is 0.262 e. The normalized spacial score (nSPS) is 9.95. The Morgan fingerprint density at radius 1 is 1.26 bits per heavy atom. The minimum atomic E-state index is -0.528. The summed E-state index contributed by atoms with van der Waals surface area (Å²) in [4.78, 5) is 24.8. The quantitative estimate of drug-likeness (QED) is 0.877. The summed E-state index contributed by atoms with van der Waals surface area (Å²) < 4.78 is 18.3. The first kappa shape index (κ1) is 12.8. The van der Waals surface area contributed by atoms with E-state index in [1.807, 2.05) is 0 Å². The molecule has 0 saturated carbocycles. The number of hydrogen-bond donors (Lipinski definition) is 2. The van der Waals surface area contributed by atoms with Crippen molar-refractivity contribution in [3.63, 3.8) is 0 Å². The van der Waals surface area contributed by atoms with Crippen LogP contribution >= 0.6 is 0 Å². The van der Waals surface area contributed by atoms with E-state index in [1.54, 1.807) is 6.07 Å². The van der Waals surface area contributed by atoms with Crippen LogP contribution in [-0.2, 0) is 4.79 Å². The van der Waals surface area contributed by atoms with Crippen molar-refractivity contribution in [2.24, 2.45) is 0 Å². The van der Waals surface area contributed by atoms with Crippen molar-refractivity contribution in [2.75, 3.05) is 11.9 Å². The summed E-state index contributed by atoms with van der Waals surface area (Å²) in [6.45, 7) is -0.319. The van der Waals surface area contributed by atoms with Crippen LogP contribution in [0.15, 0.2) is 47.4 Å². The molecule has 0 spiro atoms. The Labute approximate surface area is 108 Å². The van der Waals surface area contributed by atoms with Gasteiger partial charge in [0, 0.05) is 12.3 Å². The topological polar surface area (TPSA) is 71.2 Å². The molecule has 1 amide bonds. The molecular formula is C13H11FN2O3. The summed E-state index contributed by atoms with van der Waals surface area (Å²) >= 11 is 0. The Morgan fingerprint density at radius 3 is 2.74 bits per heavy atom. The van der Waals surface area contributed by atoms with Crippen LogP contribution in [0.25, 0.3) is 0 Å². The average molecular weight is 262 g/mol. The Morgan fingerprint density at radius 2 is 2.05 bits per heavy atom. The summed E-state index contributed by atoms with van der Waals surface area (Å²) in [6, 6.07) is 8.56. The molecule has 0 aliphatic carbocycles. The number of para-hydroxylation sites is 1. The van der Waals surface area contributed by atoms with Crippen LogP contribution in [0.2, 0.25) is 0 Å². The molecule has 1 aromatic heterocycles. The second-order valence-electron chi connectivity index (χ2n) is 3.71. The second-order valence-corrected chi connectivity index (χ2v) is 3.71. The molecule has 19 heavy (non-hydrogen) atoms. The Hall–Kier alpha value is -2.63. The van der Waals surface area contributed by atoms with E-state index >= 15 is 0 Å². The zero-order valence-electron chi connectivity index (χ0n) is 9.85. The highest BCUT2D eigenvalue weighted by Crippen LogP contribution is 2.15. The predicted molar refractivity (Wildman–Crippen MR) is 67.6 cm³/mol. The van der Waals surface area contributed by atoms with Gasteiger partial charge in [-0.3, -0.25) is 9.59 Å². The number of nitrogens with one attached hydrogen (secondary N) is 2. The van der Waals surface area contributed by atoms with Crippen LogP contribution in [0.1, 0.15) is 0 Å². The molecule has 0 unspecified atom stereocenters. The lowest BCUT2D eigenvalue weighted by Crippen LogP contribution is -2.21. The van der Waals surface area contributed by atoms with Crippen molar-refractivity contribution < 1.29 is 13.9 Å². The number of H-pyrrole nitrogens is 1. The number of rotatable bonds is 4. The SMILES string of the molecule is O=C(COc1ccccc1F)Nc1ccc(=O)[nH]c1. The van der Waals surface area contributed by atoms with Crippen molar-refractivity contribution in [2.45, 2.75) is 0 Å². The molecule has 2 rings (SSSR count). The Kier molecular flexibility index (Phi) is 3.92. The minimum absolute atomic E-state index is 0.0131. The number of anilines is 1. The Bertz CT molecular complexity index is 619. The van der Waals surface area contributed by atoms with Crippen molar-refractivity contribution in [3.8, 4) is 5.75 Å². The largest absolute Gasteiger partial charge is 0.481 e. The summed E-state index contributed by atoms with van der Waals surface area (Å²) in [5.74, 6) is -0.964. The number of carbonyl (C=O) groups excluding carboxylic acids is 1. The zero-order valence-corrected chi connectivity index (χ0v) is 9.85. The van der Waals surface area contributed by atoms with Crippen molar-refractivity contribution in [1.29, 1.82) is 0 Å². The molecule has 6 heteroatoms. The van der Waals surface area contributed by atoms with E-state index in [9.17, 15) is 14.0 Å². The molecule has 1 aromatic carbocycles. The van der Waals surface area contributed by atoms with Crippen LogP contribution in [0.3, 0.4) is 0 Å². The van der Waals surface area contributed by atoms with E-state index in [2.05, 4.69) is 10.3 Å². The molecule has 0 fully saturated rings. The molecule has 0 saturated heterocycles. The molecule has 0 radical (unpaired) electrons. The van der Waals surface area contributed by atoms with Crippen LogP contribution in [0.5, 0.6) is 5.75 Å². The third-order valence-electron chi connectivity index (χ3n) is 2.26. The van der Waals surface area contributed by atoms with E-state index in [0.717, 1.165) is 0 Å².